The standard InChI is InChI=1S/C13H17N5/c14-7-9-5-6-18(8-9)13-12(15)16-10-3-1-2-4-11(10)17-13/h1-4,9H,5-8,14H2,(H2,15,16). The molecule has 18 heavy (non-hydrogen) atoms. The van der Waals surface area contributed by atoms with Crippen molar-refractivity contribution >= 4 is 22.7 Å². The zero-order valence-corrected chi connectivity index (χ0v) is 10.2. The highest BCUT2D eigenvalue weighted by atomic mass is 15.2. The van der Waals surface area contributed by atoms with Gasteiger partial charge in [0.05, 0.1) is 11.0 Å². The largest absolute Gasteiger partial charge is 0.381 e. The Balaban J connectivity index is 1.99. The number of rotatable bonds is 2. The first-order valence-corrected chi connectivity index (χ1v) is 6.25. The zero-order chi connectivity index (χ0) is 12.5. The van der Waals surface area contributed by atoms with E-state index in [4.69, 9.17) is 11.5 Å². The summed E-state index contributed by atoms with van der Waals surface area (Å²) >= 11 is 0. The van der Waals surface area contributed by atoms with Gasteiger partial charge in [-0.2, -0.15) is 0 Å². The van der Waals surface area contributed by atoms with Crippen LogP contribution in [0.3, 0.4) is 0 Å². The molecule has 1 saturated heterocycles. The predicted molar refractivity (Wildman–Crippen MR) is 73.3 cm³/mol. The number of nitrogens with zero attached hydrogens (tertiary/aromatic N) is 3. The minimum absolute atomic E-state index is 0.506. The summed E-state index contributed by atoms with van der Waals surface area (Å²) in [6, 6.07) is 7.79. The highest BCUT2D eigenvalue weighted by molar-refractivity contribution is 5.79. The van der Waals surface area contributed by atoms with Crippen molar-refractivity contribution in [3.8, 4) is 0 Å². The molecule has 0 spiro atoms. The molecular weight excluding hydrogens is 226 g/mol. The Labute approximate surface area is 106 Å². The molecule has 0 aliphatic carbocycles. The third kappa shape index (κ3) is 1.86. The SMILES string of the molecule is NCC1CCN(c2nc3ccccc3nc2N)C1. The molecule has 1 aromatic heterocycles. The normalized spacial score (nSPS) is 19.6. The van der Waals surface area contributed by atoms with Crippen molar-refractivity contribution in [3.63, 3.8) is 0 Å². The molecule has 0 saturated carbocycles. The molecule has 1 fully saturated rings. The van der Waals surface area contributed by atoms with Gasteiger partial charge in [-0.3, -0.25) is 0 Å². The maximum atomic E-state index is 6.01. The van der Waals surface area contributed by atoms with E-state index in [0.717, 1.165) is 42.9 Å². The van der Waals surface area contributed by atoms with E-state index < -0.39 is 0 Å². The molecule has 1 unspecified atom stereocenters. The van der Waals surface area contributed by atoms with Crippen molar-refractivity contribution in [3.05, 3.63) is 24.3 Å². The molecule has 1 aromatic carbocycles. The van der Waals surface area contributed by atoms with Crippen LogP contribution < -0.4 is 16.4 Å². The average molecular weight is 243 g/mol. The number of para-hydroxylation sites is 2. The smallest absolute Gasteiger partial charge is 0.172 e. The fourth-order valence-electron chi connectivity index (χ4n) is 2.45. The van der Waals surface area contributed by atoms with Gasteiger partial charge in [0.2, 0.25) is 0 Å². The minimum atomic E-state index is 0.506. The van der Waals surface area contributed by atoms with Crippen LogP contribution in [0.5, 0.6) is 0 Å². The van der Waals surface area contributed by atoms with E-state index >= 15 is 0 Å². The van der Waals surface area contributed by atoms with Gasteiger partial charge in [-0.15, -0.1) is 0 Å². The van der Waals surface area contributed by atoms with E-state index in [-0.39, 0.29) is 0 Å². The average Bonchev–Trinajstić information content (AvgIpc) is 2.86. The third-order valence-electron chi connectivity index (χ3n) is 3.50. The lowest BCUT2D eigenvalue weighted by atomic mass is 10.1. The van der Waals surface area contributed by atoms with Gasteiger partial charge in [-0.05, 0) is 31.0 Å². The van der Waals surface area contributed by atoms with E-state index in [2.05, 4.69) is 14.9 Å². The number of nitrogens with two attached hydrogens (primary N) is 2. The van der Waals surface area contributed by atoms with Crippen LogP contribution in [0.1, 0.15) is 6.42 Å². The summed E-state index contributed by atoms with van der Waals surface area (Å²) in [5.41, 5.74) is 13.4. The molecule has 0 bridgehead atoms. The summed E-state index contributed by atoms with van der Waals surface area (Å²) in [5, 5.41) is 0. The summed E-state index contributed by atoms with van der Waals surface area (Å²) in [5.74, 6) is 1.84. The summed E-state index contributed by atoms with van der Waals surface area (Å²) in [6.07, 6.45) is 1.10. The molecule has 1 atom stereocenters. The molecule has 1 aliphatic heterocycles. The summed E-state index contributed by atoms with van der Waals surface area (Å²) < 4.78 is 0. The fourth-order valence-corrected chi connectivity index (χ4v) is 2.45. The number of nitrogen functional groups attached to an aromatic ring is 1. The number of hydrogen-bond acceptors (Lipinski definition) is 5. The molecule has 2 heterocycles. The summed E-state index contributed by atoms with van der Waals surface area (Å²) in [6.45, 7) is 2.60. The van der Waals surface area contributed by atoms with Crippen molar-refractivity contribution < 1.29 is 0 Å². The summed E-state index contributed by atoms with van der Waals surface area (Å²) in [4.78, 5) is 11.2. The number of benzene rings is 1. The monoisotopic (exact) mass is 243 g/mol. The molecule has 0 radical (unpaired) electrons. The van der Waals surface area contributed by atoms with Gasteiger partial charge in [0.25, 0.3) is 0 Å². The Hall–Kier alpha value is -1.88. The van der Waals surface area contributed by atoms with E-state index in [1.165, 1.54) is 0 Å². The number of fused-ring (bicyclic) bond motifs is 1. The van der Waals surface area contributed by atoms with E-state index in [1.54, 1.807) is 0 Å². The lowest BCUT2D eigenvalue weighted by Gasteiger charge is -2.18. The molecule has 5 heteroatoms. The van der Waals surface area contributed by atoms with Crippen molar-refractivity contribution in [2.24, 2.45) is 11.7 Å². The van der Waals surface area contributed by atoms with Gasteiger partial charge in [0, 0.05) is 13.1 Å². The lowest BCUT2D eigenvalue weighted by Crippen LogP contribution is -2.24. The zero-order valence-electron chi connectivity index (χ0n) is 10.2. The first-order valence-electron chi connectivity index (χ1n) is 6.25. The molecule has 94 valence electrons. The Morgan fingerprint density at radius 1 is 1.22 bits per heavy atom. The fraction of sp³-hybridized carbons (Fsp3) is 0.385. The van der Waals surface area contributed by atoms with Crippen LogP contribution >= 0.6 is 0 Å². The molecule has 2 aromatic rings. The maximum absolute atomic E-state index is 6.01. The second-order valence-electron chi connectivity index (χ2n) is 4.76. The van der Waals surface area contributed by atoms with Crippen LogP contribution in [0.4, 0.5) is 11.6 Å². The molecule has 1 aliphatic rings. The van der Waals surface area contributed by atoms with Crippen molar-refractivity contribution in [2.75, 3.05) is 30.3 Å². The highest BCUT2D eigenvalue weighted by Gasteiger charge is 2.24. The Bertz CT molecular complexity index is 568. The topological polar surface area (TPSA) is 81.1 Å². The van der Waals surface area contributed by atoms with Crippen molar-refractivity contribution in [1.29, 1.82) is 0 Å². The van der Waals surface area contributed by atoms with Crippen molar-refractivity contribution in [1.82, 2.24) is 9.97 Å². The Morgan fingerprint density at radius 3 is 2.61 bits per heavy atom. The van der Waals surface area contributed by atoms with Gasteiger partial charge in [0.15, 0.2) is 11.6 Å². The van der Waals surface area contributed by atoms with Gasteiger partial charge >= 0.3 is 0 Å². The highest BCUT2D eigenvalue weighted by Crippen LogP contribution is 2.27. The Morgan fingerprint density at radius 2 is 1.94 bits per heavy atom. The van der Waals surface area contributed by atoms with Crippen LogP contribution in [0.15, 0.2) is 24.3 Å². The lowest BCUT2D eigenvalue weighted by molar-refractivity contribution is 0.602. The van der Waals surface area contributed by atoms with Gasteiger partial charge < -0.3 is 16.4 Å². The van der Waals surface area contributed by atoms with Crippen LogP contribution in [0.25, 0.3) is 11.0 Å². The van der Waals surface area contributed by atoms with E-state index in [9.17, 15) is 0 Å². The minimum Gasteiger partial charge on any atom is -0.381 e. The maximum Gasteiger partial charge on any atom is 0.172 e. The van der Waals surface area contributed by atoms with E-state index in [0.29, 0.717) is 11.7 Å². The van der Waals surface area contributed by atoms with Crippen molar-refractivity contribution in [2.45, 2.75) is 6.42 Å². The van der Waals surface area contributed by atoms with Crippen LogP contribution in [0.2, 0.25) is 0 Å². The van der Waals surface area contributed by atoms with Crippen LogP contribution in [-0.4, -0.2) is 29.6 Å². The second kappa shape index (κ2) is 4.42. The first kappa shape index (κ1) is 11.2. The van der Waals surface area contributed by atoms with E-state index in [1.807, 2.05) is 24.3 Å². The quantitative estimate of drug-likeness (QED) is 0.822. The molecule has 3 rings (SSSR count). The molecule has 4 N–H and O–H groups in total. The predicted octanol–water partition coefficient (Wildman–Crippen LogP) is 0.997. The molecule has 5 nitrogen and oxygen atoms in total. The summed E-state index contributed by atoms with van der Waals surface area (Å²) in [7, 11) is 0. The van der Waals surface area contributed by atoms with Gasteiger partial charge in [-0.25, -0.2) is 9.97 Å². The first-order chi connectivity index (χ1) is 8.78. The number of anilines is 2. The number of hydrogen-bond donors (Lipinski definition) is 2. The number of aromatic nitrogens is 2. The third-order valence-corrected chi connectivity index (χ3v) is 3.50. The van der Waals surface area contributed by atoms with Crippen LogP contribution in [0, 0.1) is 5.92 Å². The molecule has 0 amide bonds. The second-order valence-corrected chi connectivity index (χ2v) is 4.76. The van der Waals surface area contributed by atoms with Crippen LogP contribution in [-0.2, 0) is 0 Å². The Kier molecular flexibility index (Phi) is 2.76. The van der Waals surface area contributed by atoms with Gasteiger partial charge in [-0.1, -0.05) is 12.1 Å². The van der Waals surface area contributed by atoms with Gasteiger partial charge in [0.1, 0.15) is 0 Å². The molecular formula is C13H17N5.